The van der Waals surface area contributed by atoms with E-state index in [1.165, 1.54) is 0 Å². The highest BCUT2D eigenvalue weighted by molar-refractivity contribution is 6.31. The molecule has 6 nitrogen and oxygen atoms in total. The van der Waals surface area contributed by atoms with Gasteiger partial charge < -0.3 is 20.4 Å². The maximum absolute atomic E-state index is 13.7. The van der Waals surface area contributed by atoms with Crippen molar-refractivity contribution in [3.63, 3.8) is 0 Å². The molecule has 154 valence electrons. The van der Waals surface area contributed by atoms with Gasteiger partial charge in [-0.15, -0.1) is 0 Å². The Morgan fingerprint density at radius 2 is 2.07 bits per heavy atom. The molecule has 7 heteroatoms. The number of furan rings is 1. The number of carbonyl (C=O) groups is 2. The molecule has 4 rings (SSSR count). The van der Waals surface area contributed by atoms with Gasteiger partial charge in [0.15, 0.2) is 0 Å². The second-order valence-electron chi connectivity index (χ2n) is 9.12. The number of hydrogen-bond donors (Lipinski definition) is 3. The number of likely N-dealkylation sites (N-methyl/N-ethyl adjacent to an activating group) is 1. The fourth-order valence-electron chi connectivity index (χ4n) is 5.03. The molecule has 0 radical (unpaired) electrons. The summed E-state index contributed by atoms with van der Waals surface area (Å²) in [6.45, 7) is 6.41. The Morgan fingerprint density at radius 1 is 1.31 bits per heavy atom. The largest absolute Gasteiger partial charge is 0.472 e. The minimum absolute atomic E-state index is 0.0569. The monoisotopic (exact) mass is 415 g/mol. The van der Waals surface area contributed by atoms with Crippen LogP contribution in [0.25, 0.3) is 0 Å². The Balaban J connectivity index is 1.97. The molecule has 2 amide bonds. The van der Waals surface area contributed by atoms with E-state index in [1.807, 2.05) is 12.1 Å². The summed E-state index contributed by atoms with van der Waals surface area (Å²) in [4.78, 5) is 26.6. The second-order valence-corrected chi connectivity index (χ2v) is 9.56. The minimum atomic E-state index is -0.950. The minimum Gasteiger partial charge on any atom is -0.472 e. The van der Waals surface area contributed by atoms with Gasteiger partial charge in [-0.3, -0.25) is 9.59 Å². The molecule has 1 aromatic heterocycles. The third kappa shape index (κ3) is 3.06. The summed E-state index contributed by atoms with van der Waals surface area (Å²) in [5.41, 5.74) is 1.38. The number of benzene rings is 1. The summed E-state index contributed by atoms with van der Waals surface area (Å²) in [5.74, 6) is -0.688. The van der Waals surface area contributed by atoms with Crippen molar-refractivity contribution >= 4 is 29.1 Å². The van der Waals surface area contributed by atoms with E-state index in [0.29, 0.717) is 17.1 Å². The van der Waals surface area contributed by atoms with Crippen molar-refractivity contribution in [3.05, 3.63) is 52.9 Å². The van der Waals surface area contributed by atoms with Crippen LogP contribution in [0, 0.1) is 5.41 Å². The molecular formula is C22H26ClN3O3. The first-order chi connectivity index (χ1) is 13.7. The van der Waals surface area contributed by atoms with Gasteiger partial charge in [-0.05, 0) is 41.2 Å². The highest BCUT2D eigenvalue weighted by atomic mass is 35.5. The molecule has 3 N–H and O–H groups in total. The van der Waals surface area contributed by atoms with Crippen molar-refractivity contribution in [2.45, 2.75) is 50.6 Å². The Morgan fingerprint density at radius 3 is 2.69 bits per heavy atom. The van der Waals surface area contributed by atoms with Crippen molar-refractivity contribution in [1.29, 1.82) is 0 Å². The van der Waals surface area contributed by atoms with Crippen molar-refractivity contribution in [2.24, 2.45) is 5.41 Å². The van der Waals surface area contributed by atoms with Gasteiger partial charge in [0, 0.05) is 29.7 Å². The maximum atomic E-state index is 13.7. The first kappa shape index (κ1) is 20.0. The molecule has 3 heterocycles. The first-order valence-corrected chi connectivity index (χ1v) is 10.2. The maximum Gasteiger partial charge on any atom is 0.237 e. The van der Waals surface area contributed by atoms with Gasteiger partial charge >= 0.3 is 0 Å². The fraction of sp³-hybridized carbons (Fsp3) is 0.455. The summed E-state index contributed by atoms with van der Waals surface area (Å²) in [6, 6.07) is 6.51. The van der Waals surface area contributed by atoms with Crippen LogP contribution in [-0.2, 0) is 15.0 Å². The van der Waals surface area contributed by atoms with Gasteiger partial charge in [0.25, 0.3) is 0 Å². The van der Waals surface area contributed by atoms with Crippen molar-refractivity contribution < 1.29 is 14.0 Å². The van der Waals surface area contributed by atoms with Crippen molar-refractivity contribution in [3.8, 4) is 0 Å². The highest BCUT2D eigenvalue weighted by Crippen LogP contribution is 2.56. The molecule has 1 aromatic carbocycles. The van der Waals surface area contributed by atoms with E-state index in [4.69, 9.17) is 16.0 Å². The zero-order valence-electron chi connectivity index (χ0n) is 17.0. The zero-order chi connectivity index (χ0) is 21.0. The van der Waals surface area contributed by atoms with Crippen LogP contribution in [0.5, 0.6) is 0 Å². The van der Waals surface area contributed by atoms with Crippen LogP contribution < -0.4 is 16.0 Å². The van der Waals surface area contributed by atoms with Gasteiger partial charge in [0.05, 0.1) is 18.6 Å². The van der Waals surface area contributed by atoms with Crippen molar-refractivity contribution in [2.75, 3.05) is 12.4 Å². The molecule has 0 aliphatic carbocycles. The zero-order valence-corrected chi connectivity index (χ0v) is 17.8. The average Bonchev–Trinajstić information content (AvgIpc) is 3.32. The van der Waals surface area contributed by atoms with E-state index >= 15 is 0 Å². The highest BCUT2D eigenvalue weighted by Gasteiger charge is 2.65. The number of nitrogens with one attached hydrogen (secondary N) is 3. The number of amides is 2. The molecule has 0 bridgehead atoms. The van der Waals surface area contributed by atoms with E-state index in [-0.39, 0.29) is 23.3 Å². The van der Waals surface area contributed by atoms with Gasteiger partial charge in [0.1, 0.15) is 5.41 Å². The van der Waals surface area contributed by atoms with Gasteiger partial charge in [-0.25, -0.2) is 0 Å². The number of carbonyl (C=O) groups excluding carboxylic acids is 2. The van der Waals surface area contributed by atoms with Crippen molar-refractivity contribution in [1.82, 2.24) is 10.6 Å². The predicted octanol–water partition coefficient (Wildman–Crippen LogP) is 3.43. The summed E-state index contributed by atoms with van der Waals surface area (Å²) in [5, 5.41) is 9.85. The molecule has 29 heavy (non-hydrogen) atoms. The van der Waals surface area contributed by atoms with E-state index in [1.54, 1.807) is 31.7 Å². The summed E-state index contributed by atoms with van der Waals surface area (Å²) in [7, 11) is 1.61. The Kier molecular flexibility index (Phi) is 4.74. The summed E-state index contributed by atoms with van der Waals surface area (Å²) >= 11 is 6.20. The predicted molar refractivity (Wildman–Crippen MR) is 112 cm³/mol. The van der Waals surface area contributed by atoms with Crippen LogP contribution >= 0.6 is 11.6 Å². The quantitative estimate of drug-likeness (QED) is 0.717. The normalized spacial score (nSPS) is 28.4. The Labute approximate surface area is 175 Å². The molecule has 1 fully saturated rings. The molecule has 2 aliphatic heterocycles. The second kappa shape index (κ2) is 6.89. The Bertz CT molecular complexity index is 951. The van der Waals surface area contributed by atoms with E-state index in [9.17, 15) is 9.59 Å². The summed E-state index contributed by atoms with van der Waals surface area (Å²) in [6.07, 6.45) is 3.92. The number of rotatable bonds is 3. The molecule has 1 saturated heterocycles. The molecule has 0 unspecified atom stereocenters. The first-order valence-electron chi connectivity index (χ1n) is 9.79. The lowest BCUT2D eigenvalue weighted by molar-refractivity contribution is -0.123. The third-order valence-corrected chi connectivity index (χ3v) is 6.29. The van der Waals surface area contributed by atoms with Gasteiger partial charge in [0.2, 0.25) is 11.8 Å². The molecule has 2 aromatic rings. The van der Waals surface area contributed by atoms with Crippen LogP contribution in [0.3, 0.4) is 0 Å². The molecular weight excluding hydrogens is 390 g/mol. The number of hydrogen-bond acceptors (Lipinski definition) is 4. The smallest absolute Gasteiger partial charge is 0.237 e. The number of fused-ring (bicyclic) bond motifs is 2. The lowest BCUT2D eigenvalue weighted by Crippen LogP contribution is -2.49. The number of anilines is 1. The van der Waals surface area contributed by atoms with Gasteiger partial charge in [-0.1, -0.05) is 38.4 Å². The molecule has 2 aliphatic rings. The van der Waals surface area contributed by atoms with E-state index in [0.717, 1.165) is 11.1 Å². The fourth-order valence-corrected chi connectivity index (χ4v) is 5.20. The van der Waals surface area contributed by atoms with E-state index in [2.05, 4.69) is 36.7 Å². The topological polar surface area (TPSA) is 83.4 Å². The third-order valence-electron chi connectivity index (χ3n) is 6.05. The summed E-state index contributed by atoms with van der Waals surface area (Å²) < 4.78 is 5.36. The van der Waals surface area contributed by atoms with Gasteiger partial charge in [-0.2, -0.15) is 0 Å². The molecule has 0 saturated carbocycles. The lowest BCUT2D eigenvalue weighted by atomic mass is 9.63. The lowest BCUT2D eigenvalue weighted by Gasteiger charge is -2.37. The van der Waals surface area contributed by atoms with E-state index < -0.39 is 17.4 Å². The van der Waals surface area contributed by atoms with Crippen LogP contribution in [0.2, 0.25) is 5.02 Å². The average molecular weight is 416 g/mol. The molecule has 1 spiro atoms. The molecule has 4 atom stereocenters. The van der Waals surface area contributed by atoms with Crippen LogP contribution in [0.1, 0.15) is 44.2 Å². The van der Waals surface area contributed by atoms with Crippen LogP contribution in [0.15, 0.2) is 41.2 Å². The SMILES string of the molecule is CNC(=O)[C@@H]1N[C@H](CC(C)(C)C)[C@]2(C(=O)Nc3cc(Cl)ccc32)[C@H]1c1ccoc1. The standard InChI is InChI=1S/C22H26ClN3O3/c1-21(2,3)10-16-22(14-6-5-13(23)9-15(14)25-20(22)28)17(12-7-8-29-11-12)18(26-16)19(27)24-4/h5-9,11,16-18,26H,10H2,1-4H3,(H,24,27)(H,25,28)/t16-,17+,18-,22+/m1/s1. The van der Waals surface area contributed by atoms with Crippen LogP contribution in [-0.4, -0.2) is 30.9 Å². The Hall–Kier alpha value is -2.31. The number of halogens is 1. The van der Waals surface area contributed by atoms with Crippen LogP contribution in [0.4, 0.5) is 5.69 Å².